The van der Waals surface area contributed by atoms with Gasteiger partial charge in [-0.15, -0.1) is 0 Å². The van der Waals surface area contributed by atoms with E-state index in [1.54, 1.807) is 0 Å². The zero-order valence-electron chi connectivity index (χ0n) is 14.9. The standard InChI is InChI=1S/C21H27N3O/c25-21(23-14-8-1-2-9-15-23)19-18-13-7-4-10-16-24(18)20(22-19)17-11-5-3-6-12-17/h3,5-6,11-12H,1-2,4,7-10,13-16H2. The number of rotatable bonds is 2. The molecular formula is C21H27N3O. The summed E-state index contributed by atoms with van der Waals surface area (Å²) < 4.78 is 2.31. The molecule has 1 fully saturated rings. The zero-order valence-corrected chi connectivity index (χ0v) is 14.9. The minimum atomic E-state index is 0.148. The van der Waals surface area contributed by atoms with Gasteiger partial charge in [0.05, 0.1) is 5.69 Å². The second-order valence-electron chi connectivity index (χ2n) is 7.27. The summed E-state index contributed by atoms with van der Waals surface area (Å²) >= 11 is 0. The van der Waals surface area contributed by atoms with E-state index in [0.29, 0.717) is 5.69 Å². The topological polar surface area (TPSA) is 38.1 Å². The van der Waals surface area contributed by atoms with Crippen LogP contribution in [-0.4, -0.2) is 33.4 Å². The van der Waals surface area contributed by atoms with Gasteiger partial charge in [0.2, 0.25) is 0 Å². The van der Waals surface area contributed by atoms with Crippen LogP contribution in [0.5, 0.6) is 0 Å². The fourth-order valence-corrected chi connectivity index (χ4v) is 4.12. The van der Waals surface area contributed by atoms with Gasteiger partial charge in [-0.3, -0.25) is 4.79 Å². The maximum absolute atomic E-state index is 13.2. The van der Waals surface area contributed by atoms with Gasteiger partial charge in [-0.25, -0.2) is 4.98 Å². The predicted molar refractivity (Wildman–Crippen MR) is 99.6 cm³/mol. The SMILES string of the molecule is O=C(c1nc(-c2ccccc2)n2c1CCCCC2)N1CCCCCC1. The van der Waals surface area contributed by atoms with Crippen LogP contribution < -0.4 is 0 Å². The molecule has 0 aliphatic carbocycles. The van der Waals surface area contributed by atoms with E-state index in [0.717, 1.165) is 62.4 Å². The van der Waals surface area contributed by atoms with Crippen LogP contribution in [0.4, 0.5) is 0 Å². The quantitative estimate of drug-likeness (QED) is 0.820. The number of likely N-dealkylation sites (tertiary alicyclic amines) is 1. The van der Waals surface area contributed by atoms with E-state index < -0.39 is 0 Å². The molecule has 0 unspecified atom stereocenters. The molecule has 2 aromatic rings. The Hall–Kier alpha value is -2.10. The van der Waals surface area contributed by atoms with Crippen molar-refractivity contribution in [2.45, 2.75) is 57.9 Å². The third kappa shape index (κ3) is 3.35. The number of hydrogen-bond acceptors (Lipinski definition) is 2. The first-order chi connectivity index (χ1) is 12.3. The maximum atomic E-state index is 13.2. The van der Waals surface area contributed by atoms with Crippen LogP contribution in [0.1, 0.15) is 61.1 Å². The Morgan fingerprint density at radius 3 is 2.28 bits per heavy atom. The summed E-state index contributed by atoms with van der Waals surface area (Å²) in [7, 11) is 0. The van der Waals surface area contributed by atoms with Gasteiger partial charge < -0.3 is 9.47 Å². The second-order valence-corrected chi connectivity index (χ2v) is 7.27. The van der Waals surface area contributed by atoms with Gasteiger partial charge in [-0.2, -0.15) is 0 Å². The molecule has 0 spiro atoms. The maximum Gasteiger partial charge on any atom is 0.274 e. The van der Waals surface area contributed by atoms with Gasteiger partial charge in [-0.05, 0) is 32.1 Å². The molecule has 0 N–H and O–H groups in total. The van der Waals surface area contributed by atoms with E-state index >= 15 is 0 Å². The third-order valence-corrected chi connectivity index (χ3v) is 5.50. The van der Waals surface area contributed by atoms with Crippen LogP contribution in [0.2, 0.25) is 0 Å². The van der Waals surface area contributed by atoms with Crippen molar-refractivity contribution in [1.29, 1.82) is 0 Å². The highest BCUT2D eigenvalue weighted by molar-refractivity contribution is 5.94. The number of amides is 1. The first-order valence-corrected chi connectivity index (χ1v) is 9.79. The molecule has 0 saturated carbocycles. The van der Waals surface area contributed by atoms with Crippen molar-refractivity contribution in [3.8, 4) is 11.4 Å². The van der Waals surface area contributed by atoms with E-state index in [1.165, 1.54) is 25.7 Å². The molecule has 4 heteroatoms. The minimum Gasteiger partial charge on any atom is -0.337 e. The first kappa shape index (κ1) is 16.4. The number of nitrogens with zero attached hydrogens (tertiary/aromatic N) is 3. The summed E-state index contributed by atoms with van der Waals surface area (Å²) in [5, 5.41) is 0. The smallest absolute Gasteiger partial charge is 0.274 e. The Bertz CT molecular complexity index is 727. The molecule has 0 bridgehead atoms. The molecule has 1 saturated heterocycles. The lowest BCUT2D eigenvalue weighted by Gasteiger charge is -2.19. The van der Waals surface area contributed by atoms with Gasteiger partial charge in [0.1, 0.15) is 11.5 Å². The van der Waals surface area contributed by atoms with Crippen LogP contribution in [0.25, 0.3) is 11.4 Å². The van der Waals surface area contributed by atoms with Crippen LogP contribution >= 0.6 is 0 Å². The van der Waals surface area contributed by atoms with Crippen LogP contribution in [-0.2, 0) is 13.0 Å². The lowest BCUT2D eigenvalue weighted by molar-refractivity contribution is 0.0755. The molecule has 4 rings (SSSR count). The Morgan fingerprint density at radius 2 is 1.52 bits per heavy atom. The number of carbonyl (C=O) groups excluding carboxylic acids is 1. The van der Waals surface area contributed by atoms with Gasteiger partial charge >= 0.3 is 0 Å². The number of imidazole rings is 1. The molecule has 25 heavy (non-hydrogen) atoms. The predicted octanol–water partition coefficient (Wildman–Crippen LogP) is 4.29. The molecule has 0 atom stereocenters. The Labute approximate surface area is 149 Å². The summed E-state index contributed by atoms with van der Waals surface area (Å²) in [4.78, 5) is 20.2. The third-order valence-electron chi connectivity index (χ3n) is 5.50. The van der Waals surface area contributed by atoms with E-state index in [2.05, 4.69) is 16.7 Å². The van der Waals surface area contributed by atoms with E-state index in [-0.39, 0.29) is 5.91 Å². The lowest BCUT2D eigenvalue weighted by Crippen LogP contribution is -2.32. The highest BCUT2D eigenvalue weighted by Gasteiger charge is 2.27. The molecule has 1 aromatic heterocycles. The summed E-state index contributed by atoms with van der Waals surface area (Å²) in [6.07, 6.45) is 9.23. The van der Waals surface area contributed by atoms with Gasteiger partial charge in [0.25, 0.3) is 5.91 Å². The molecule has 0 radical (unpaired) electrons. The van der Waals surface area contributed by atoms with Crippen LogP contribution in [0, 0.1) is 0 Å². The lowest BCUT2D eigenvalue weighted by atomic mass is 10.1. The van der Waals surface area contributed by atoms with Crippen molar-refractivity contribution in [3.63, 3.8) is 0 Å². The Balaban J connectivity index is 1.74. The molecule has 4 nitrogen and oxygen atoms in total. The molecular weight excluding hydrogens is 310 g/mol. The zero-order chi connectivity index (χ0) is 17.1. The Morgan fingerprint density at radius 1 is 0.840 bits per heavy atom. The van der Waals surface area contributed by atoms with Crippen molar-refractivity contribution in [1.82, 2.24) is 14.5 Å². The van der Waals surface area contributed by atoms with Crippen molar-refractivity contribution in [2.75, 3.05) is 13.1 Å². The van der Waals surface area contributed by atoms with E-state index in [9.17, 15) is 4.79 Å². The monoisotopic (exact) mass is 337 g/mol. The number of benzene rings is 1. The number of aromatic nitrogens is 2. The molecule has 2 aliphatic heterocycles. The Kier molecular flexibility index (Phi) is 4.86. The van der Waals surface area contributed by atoms with Gasteiger partial charge in [0.15, 0.2) is 0 Å². The number of hydrogen-bond donors (Lipinski definition) is 0. The van der Waals surface area contributed by atoms with Crippen molar-refractivity contribution in [2.24, 2.45) is 0 Å². The molecule has 1 amide bonds. The summed E-state index contributed by atoms with van der Waals surface area (Å²) in [6.45, 7) is 2.73. The molecule has 2 aliphatic rings. The normalized spacial score (nSPS) is 18.3. The largest absolute Gasteiger partial charge is 0.337 e. The van der Waals surface area contributed by atoms with Crippen molar-refractivity contribution in [3.05, 3.63) is 41.7 Å². The van der Waals surface area contributed by atoms with E-state index in [1.807, 2.05) is 23.1 Å². The van der Waals surface area contributed by atoms with Crippen LogP contribution in [0.15, 0.2) is 30.3 Å². The molecule has 132 valence electrons. The summed E-state index contributed by atoms with van der Waals surface area (Å²) in [6, 6.07) is 10.3. The highest BCUT2D eigenvalue weighted by atomic mass is 16.2. The second kappa shape index (κ2) is 7.42. The fourth-order valence-electron chi connectivity index (χ4n) is 4.12. The van der Waals surface area contributed by atoms with Crippen molar-refractivity contribution >= 4 is 5.91 Å². The molecule has 3 heterocycles. The average Bonchev–Trinajstić information content (AvgIpc) is 2.87. The van der Waals surface area contributed by atoms with Crippen molar-refractivity contribution < 1.29 is 4.79 Å². The minimum absolute atomic E-state index is 0.148. The number of carbonyl (C=O) groups is 1. The average molecular weight is 337 g/mol. The number of fused-ring (bicyclic) bond motifs is 1. The van der Waals surface area contributed by atoms with Gasteiger partial charge in [0, 0.05) is 25.2 Å². The van der Waals surface area contributed by atoms with Gasteiger partial charge in [-0.1, -0.05) is 49.6 Å². The summed E-state index contributed by atoms with van der Waals surface area (Å²) in [5.41, 5.74) is 2.98. The van der Waals surface area contributed by atoms with Crippen LogP contribution in [0.3, 0.4) is 0 Å². The summed E-state index contributed by atoms with van der Waals surface area (Å²) in [5.74, 6) is 1.12. The highest BCUT2D eigenvalue weighted by Crippen LogP contribution is 2.28. The fraction of sp³-hybridized carbons (Fsp3) is 0.524. The first-order valence-electron chi connectivity index (χ1n) is 9.79. The van der Waals surface area contributed by atoms with E-state index in [4.69, 9.17) is 4.98 Å². The molecule has 1 aromatic carbocycles.